The first kappa shape index (κ1) is 29.0. The van der Waals surface area contributed by atoms with Crippen molar-refractivity contribution in [3.8, 4) is 0 Å². The molecule has 1 aliphatic heterocycles. The van der Waals surface area contributed by atoms with Gasteiger partial charge >= 0.3 is 11.9 Å². The fraction of sp³-hybridized carbons (Fsp3) is 0.941. The Kier molecular flexibility index (Phi) is 6.64. The number of carbonyl (C=O) groups is 2. The van der Waals surface area contributed by atoms with Gasteiger partial charge in [-0.1, -0.05) is 41.5 Å². The molecule has 5 aliphatic carbocycles. The Hall–Kier alpha value is -1.14. The van der Waals surface area contributed by atoms with E-state index >= 15 is 0 Å². The summed E-state index contributed by atoms with van der Waals surface area (Å²) in [4.78, 5) is 25.4. The standard InChI is InChI=1S/C34H54O6/c1-7-8-26(36)39-19-34(20-40-34)22-11-16-33(28(37)38)18-17-31(5)21(27(22)33)9-10-24-30(4)14-13-25(35)29(2,3)23(30)12-15-32(24,31)6/h21-25,27,35H,7-20H2,1-6H3,(H,37,38)/t21?,22-,23?,24?,25-,27-,30+,31-,32-,33+,34?/m1/s1. The highest BCUT2D eigenvalue weighted by atomic mass is 16.6. The molecule has 0 aromatic rings. The second-order valence-corrected chi connectivity index (χ2v) is 16.4. The number of aliphatic hydroxyl groups is 1. The monoisotopic (exact) mass is 558 g/mol. The molecule has 0 spiro atoms. The summed E-state index contributed by atoms with van der Waals surface area (Å²) in [6.45, 7) is 15.0. The van der Waals surface area contributed by atoms with E-state index in [0.29, 0.717) is 37.2 Å². The van der Waals surface area contributed by atoms with Gasteiger partial charge in [0.2, 0.25) is 0 Å². The molecule has 2 N–H and O–H groups in total. The molecule has 5 saturated carbocycles. The van der Waals surface area contributed by atoms with Crippen LogP contribution in [0.25, 0.3) is 0 Å². The molecule has 0 amide bonds. The minimum atomic E-state index is -0.692. The Morgan fingerprint density at radius 2 is 1.57 bits per heavy atom. The van der Waals surface area contributed by atoms with Gasteiger partial charge in [0.25, 0.3) is 0 Å². The average Bonchev–Trinajstić information content (AvgIpc) is 3.57. The van der Waals surface area contributed by atoms with Gasteiger partial charge in [0.1, 0.15) is 12.2 Å². The molecule has 6 rings (SSSR count). The molecule has 6 fully saturated rings. The second kappa shape index (κ2) is 9.18. The number of hydrogen-bond acceptors (Lipinski definition) is 5. The third kappa shape index (κ3) is 3.66. The van der Waals surface area contributed by atoms with Crippen LogP contribution in [0.4, 0.5) is 0 Å². The van der Waals surface area contributed by atoms with Crippen LogP contribution in [0.15, 0.2) is 0 Å². The van der Waals surface area contributed by atoms with E-state index in [-0.39, 0.29) is 52.2 Å². The molecule has 40 heavy (non-hydrogen) atoms. The van der Waals surface area contributed by atoms with Gasteiger partial charge in [-0.2, -0.15) is 0 Å². The predicted molar refractivity (Wildman–Crippen MR) is 152 cm³/mol. The maximum atomic E-state index is 13.1. The highest BCUT2D eigenvalue weighted by Gasteiger charge is 2.74. The Morgan fingerprint density at radius 1 is 0.850 bits per heavy atom. The number of carboxylic acids is 1. The first-order valence-corrected chi connectivity index (χ1v) is 16.4. The molecular formula is C34H54O6. The van der Waals surface area contributed by atoms with Crippen LogP contribution in [-0.2, 0) is 19.1 Å². The summed E-state index contributed by atoms with van der Waals surface area (Å²) in [5, 5.41) is 21.8. The van der Waals surface area contributed by atoms with E-state index in [4.69, 9.17) is 9.47 Å². The molecule has 6 heteroatoms. The Bertz CT molecular complexity index is 1050. The summed E-state index contributed by atoms with van der Waals surface area (Å²) in [7, 11) is 0. The molecule has 6 aliphatic rings. The number of epoxide rings is 1. The van der Waals surface area contributed by atoms with Crippen LogP contribution < -0.4 is 0 Å². The summed E-state index contributed by atoms with van der Waals surface area (Å²) in [5.41, 5.74) is -0.863. The number of rotatable bonds is 6. The normalized spacial score (nSPS) is 52.5. The van der Waals surface area contributed by atoms with Gasteiger partial charge in [-0.15, -0.1) is 0 Å². The number of carboxylic acid groups (broad SMARTS) is 1. The van der Waals surface area contributed by atoms with Gasteiger partial charge in [0.05, 0.1) is 18.1 Å². The molecule has 1 heterocycles. The second-order valence-electron chi connectivity index (χ2n) is 16.4. The Balaban J connectivity index is 1.34. The van der Waals surface area contributed by atoms with Crippen molar-refractivity contribution in [3.05, 3.63) is 0 Å². The van der Waals surface area contributed by atoms with Crippen molar-refractivity contribution in [3.63, 3.8) is 0 Å². The van der Waals surface area contributed by atoms with Crippen LogP contribution in [-0.4, -0.2) is 47.1 Å². The Morgan fingerprint density at radius 3 is 2.23 bits per heavy atom. The predicted octanol–water partition coefficient (Wildman–Crippen LogP) is 6.63. The van der Waals surface area contributed by atoms with Crippen molar-refractivity contribution >= 4 is 11.9 Å². The largest absolute Gasteiger partial charge is 0.481 e. The zero-order chi connectivity index (χ0) is 28.9. The van der Waals surface area contributed by atoms with Gasteiger partial charge < -0.3 is 19.7 Å². The quantitative estimate of drug-likeness (QED) is 0.281. The third-order valence-corrected chi connectivity index (χ3v) is 15.0. The minimum absolute atomic E-state index is 0.0593. The fourth-order valence-electron chi connectivity index (χ4n) is 12.5. The molecule has 0 radical (unpaired) electrons. The molecule has 4 unspecified atom stereocenters. The molecule has 0 bridgehead atoms. The summed E-state index contributed by atoms with van der Waals surface area (Å²) >= 11 is 0. The molecule has 6 nitrogen and oxygen atoms in total. The van der Waals surface area contributed by atoms with Crippen LogP contribution in [0.2, 0.25) is 0 Å². The van der Waals surface area contributed by atoms with Crippen LogP contribution in [0.3, 0.4) is 0 Å². The number of fused-ring (bicyclic) bond motifs is 7. The van der Waals surface area contributed by atoms with Gasteiger partial charge in [-0.3, -0.25) is 9.59 Å². The van der Waals surface area contributed by atoms with Crippen molar-refractivity contribution in [2.24, 2.45) is 56.7 Å². The summed E-state index contributed by atoms with van der Waals surface area (Å²) in [5.74, 6) is 0.830. The van der Waals surface area contributed by atoms with E-state index in [2.05, 4.69) is 34.6 Å². The molecule has 1 saturated heterocycles. The van der Waals surface area contributed by atoms with E-state index < -0.39 is 17.0 Å². The van der Waals surface area contributed by atoms with E-state index in [1.807, 2.05) is 6.92 Å². The van der Waals surface area contributed by atoms with Crippen LogP contribution in [0.5, 0.6) is 0 Å². The smallest absolute Gasteiger partial charge is 0.309 e. The van der Waals surface area contributed by atoms with Crippen LogP contribution >= 0.6 is 0 Å². The van der Waals surface area contributed by atoms with Crippen molar-refractivity contribution in [1.29, 1.82) is 0 Å². The molecule has 226 valence electrons. The average molecular weight is 559 g/mol. The van der Waals surface area contributed by atoms with Crippen molar-refractivity contribution in [2.75, 3.05) is 13.2 Å². The van der Waals surface area contributed by atoms with Crippen molar-refractivity contribution in [2.45, 2.75) is 130 Å². The number of esters is 1. The molecule has 11 atom stereocenters. The van der Waals surface area contributed by atoms with Gasteiger partial charge in [-0.25, -0.2) is 0 Å². The molecule has 0 aromatic carbocycles. The zero-order valence-electron chi connectivity index (χ0n) is 25.9. The highest BCUT2D eigenvalue weighted by Crippen LogP contribution is 2.78. The van der Waals surface area contributed by atoms with E-state index in [0.717, 1.165) is 64.2 Å². The van der Waals surface area contributed by atoms with Gasteiger partial charge in [0.15, 0.2) is 0 Å². The van der Waals surface area contributed by atoms with Gasteiger partial charge in [0, 0.05) is 6.42 Å². The van der Waals surface area contributed by atoms with E-state index in [9.17, 15) is 19.8 Å². The van der Waals surface area contributed by atoms with E-state index in [1.165, 1.54) is 0 Å². The van der Waals surface area contributed by atoms with Crippen LogP contribution in [0, 0.1) is 56.7 Å². The van der Waals surface area contributed by atoms with Crippen LogP contribution in [0.1, 0.15) is 119 Å². The number of aliphatic hydroxyl groups excluding tert-OH is 1. The number of ether oxygens (including phenoxy) is 2. The number of hydrogen-bond donors (Lipinski definition) is 2. The summed E-state index contributed by atoms with van der Waals surface area (Å²) < 4.78 is 11.9. The SMILES string of the molecule is CCCC(=O)OCC1([C@@H]2CC[C@]3(C(=O)O)CC[C@]4(C)C(CCC5[C@@]6(C)CC[C@@H](O)C(C)(C)C6CC[C@]54C)[C@H]23)CO1. The van der Waals surface area contributed by atoms with Crippen molar-refractivity contribution in [1.82, 2.24) is 0 Å². The highest BCUT2D eigenvalue weighted by molar-refractivity contribution is 5.76. The minimum Gasteiger partial charge on any atom is -0.481 e. The lowest BCUT2D eigenvalue weighted by Crippen LogP contribution is -2.67. The first-order chi connectivity index (χ1) is 18.7. The lowest BCUT2D eigenvalue weighted by Gasteiger charge is -2.72. The lowest BCUT2D eigenvalue weighted by atomic mass is 9.32. The van der Waals surface area contributed by atoms with Gasteiger partial charge in [-0.05, 0) is 122 Å². The van der Waals surface area contributed by atoms with E-state index in [1.54, 1.807) is 0 Å². The van der Waals surface area contributed by atoms with Crippen molar-refractivity contribution < 1.29 is 29.3 Å². The summed E-state index contributed by atoms with van der Waals surface area (Å²) in [6.07, 6.45) is 10.7. The maximum Gasteiger partial charge on any atom is 0.309 e. The molecular weight excluding hydrogens is 504 g/mol. The zero-order valence-corrected chi connectivity index (χ0v) is 25.9. The topological polar surface area (TPSA) is 96.4 Å². The lowest BCUT2D eigenvalue weighted by molar-refractivity contribution is -0.250. The fourth-order valence-corrected chi connectivity index (χ4v) is 12.5. The summed E-state index contributed by atoms with van der Waals surface area (Å²) in [6, 6.07) is 0. The first-order valence-electron chi connectivity index (χ1n) is 16.4. The Labute approximate surface area is 241 Å². The number of aliphatic carboxylic acids is 1. The third-order valence-electron chi connectivity index (χ3n) is 15.0. The molecule has 0 aromatic heterocycles. The maximum absolute atomic E-state index is 13.1. The number of carbonyl (C=O) groups excluding carboxylic acids is 1.